The molecule has 0 heterocycles. The van der Waals surface area contributed by atoms with Gasteiger partial charge in [0.25, 0.3) is 0 Å². The summed E-state index contributed by atoms with van der Waals surface area (Å²) in [7, 11) is 21.9. The van der Waals surface area contributed by atoms with Crippen molar-refractivity contribution in [1.29, 1.82) is 0 Å². The SMILES string of the molecule is COc1c(C(C)(C)C)cc2c(c1-c1ccccc1)C=C(CC(C)C)[CH]2[Zr]([SiH3])([Cl])([Cl])[CH]1C(CC(C)C)=Cc2c1cc(C(C)(C)C)c(OC)c2-c1ccccc1. The van der Waals surface area contributed by atoms with E-state index >= 15 is 0 Å². The van der Waals surface area contributed by atoms with E-state index in [0.29, 0.717) is 19.2 Å². The number of hydrogen-bond acceptors (Lipinski definition) is 2. The van der Waals surface area contributed by atoms with Crippen molar-refractivity contribution in [2.75, 3.05) is 14.2 Å². The molecule has 0 spiro atoms. The Morgan fingerprint density at radius 1 is 0.611 bits per heavy atom. The first-order valence-corrected chi connectivity index (χ1v) is 37.3. The summed E-state index contributed by atoms with van der Waals surface area (Å²) >= 11 is -5.02. The topological polar surface area (TPSA) is 18.5 Å². The van der Waals surface area contributed by atoms with Crippen molar-refractivity contribution in [3.8, 4) is 33.8 Å². The van der Waals surface area contributed by atoms with Crippen LogP contribution in [0.15, 0.2) is 83.9 Å². The molecule has 6 heteroatoms. The van der Waals surface area contributed by atoms with E-state index in [4.69, 9.17) is 26.5 Å². The molecule has 0 fully saturated rings. The second-order valence-corrected chi connectivity index (χ2v) is 63.1. The first-order valence-electron chi connectivity index (χ1n) is 19.8. The van der Waals surface area contributed by atoms with Crippen molar-refractivity contribution in [3.05, 3.63) is 117 Å². The van der Waals surface area contributed by atoms with Crippen molar-refractivity contribution in [2.24, 2.45) is 11.8 Å². The normalized spacial score (nSPS) is 18.0. The first-order chi connectivity index (χ1) is 25.2. The van der Waals surface area contributed by atoms with E-state index in [1.807, 2.05) is 14.2 Å². The van der Waals surface area contributed by atoms with Gasteiger partial charge in [0.15, 0.2) is 0 Å². The quantitative estimate of drug-likeness (QED) is 0.148. The Kier molecular flexibility index (Phi) is 11.4. The van der Waals surface area contributed by atoms with Crippen LogP contribution in [0, 0.1) is 11.8 Å². The van der Waals surface area contributed by atoms with Crippen LogP contribution in [0.25, 0.3) is 34.4 Å². The molecule has 0 bridgehead atoms. The molecule has 287 valence electrons. The Labute approximate surface area is 336 Å². The number of benzene rings is 4. The van der Waals surface area contributed by atoms with Crippen molar-refractivity contribution in [2.45, 2.75) is 100 Å². The fourth-order valence-corrected chi connectivity index (χ4v) is 34.5. The van der Waals surface area contributed by atoms with E-state index in [2.05, 4.69) is 154 Å². The third-order valence-corrected chi connectivity index (χ3v) is 33.5. The zero-order valence-electron chi connectivity index (χ0n) is 34.9. The standard InChI is InChI=1S/2C24H29O.2ClH.H3Si.Zr/c2*1-16(2)12-17-13-19-15-21(24(3,4)5)23(25-6)22(20(19)14-17)18-10-8-7-9-11-18;;;;/h2*7-11,13-16H,12H2,1-6H3;2*1H;1H3;/q;;;;;+2/p-2. The maximum absolute atomic E-state index is 8.79. The molecule has 0 saturated carbocycles. The first kappa shape index (κ1) is 41.3. The monoisotopic (exact) mass is 857 g/mol. The van der Waals surface area contributed by atoms with Crippen LogP contribution in [-0.4, -0.2) is 21.6 Å². The third kappa shape index (κ3) is 7.44. The van der Waals surface area contributed by atoms with Gasteiger partial charge in [-0.3, -0.25) is 0 Å². The Balaban J connectivity index is 1.73. The van der Waals surface area contributed by atoms with E-state index in [1.165, 1.54) is 44.5 Å². The van der Waals surface area contributed by atoms with Gasteiger partial charge in [-0.15, -0.1) is 0 Å². The average Bonchev–Trinajstić information content (AvgIpc) is 3.64. The van der Waals surface area contributed by atoms with Crippen LogP contribution in [0.3, 0.4) is 0 Å². The maximum atomic E-state index is 8.79. The van der Waals surface area contributed by atoms with E-state index < -0.39 is 15.6 Å². The molecule has 4 aromatic rings. The fourth-order valence-electron chi connectivity index (χ4n) is 9.50. The molecular weight excluding hydrogens is 799 g/mol. The van der Waals surface area contributed by atoms with Gasteiger partial charge in [-0.25, -0.2) is 0 Å². The van der Waals surface area contributed by atoms with E-state index in [0.717, 1.165) is 46.6 Å². The Morgan fingerprint density at radius 2 is 0.944 bits per heavy atom. The van der Waals surface area contributed by atoms with E-state index in [1.54, 1.807) is 0 Å². The predicted octanol–water partition coefficient (Wildman–Crippen LogP) is 13.6. The molecule has 2 aliphatic carbocycles. The number of methoxy groups -OCH3 is 2. The molecule has 0 aromatic heterocycles. The zero-order valence-corrected chi connectivity index (χ0v) is 40.8. The van der Waals surface area contributed by atoms with Crippen molar-refractivity contribution < 1.29 is 25.0 Å². The summed E-state index contributed by atoms with van der Waals surface area (Å²) in [6.45, 7) is 23.0. The molecule has 0 saturated heterocycles. The Bertz CT molecular complexity index is 1960. The van der Waals surface area contributed by atoms with Crippen molar-refractivity contribution >= 4 is 36.5 Å². The van der Waals surface area contributed by atoms with Crippen LogP contribution in [0.4, 0.5) is 0 Å². The van der Waals surface area contributed by atoms with Gasteiger partial charge < -0.3 is 0 Å². The molecular formula is C48H61Cl2O2SiZr. The summed E-state index contributed by atoms with van der Waals surface area (Å²) in [5.41, 5.74) is 14.5. The zero-order chi connectivity index (χ0) is 39.6. The summed E-state index contributed by atoms with van der Waals surface area (Å²) in [6, 6.07) is 26.4. The van der Waals surface area contributed by atoms with Gasteiger partial charge in [0.1, 0.15) is 0 Å². The van der Waals surface area contributed by atoms with Crippen LogP contribution in [0.1, 0.15) is 123 Å². The Hall–Kier alpha value is -2.36. The Morgan fingerprint density at radius 3 is 1.22 bits per heavy atom. The van der Waals surface area contributed by atoms with Gasteiger partial charge in [-0.1, -0.05) is 0 Å². The molecule has 0 amide bonds. The van der Waals surface area contributed by atoms with Crippen LogP contribution >= 0.6 is 17.0 Å². The number of ether oxygens (including phenoxy) is 2. The molecule has 2 unspecified atom stereocenters. The van der Waals surface area contributed by atoms with Crippen molar-refractivity contribution in [1.82, 2.24) is 0 Å². The number of fused-ring (bicyclic) bond motifs is 2. The van der Waals surface area contributed by atoms with Crippen LogP contribution in [0.5, 0.6) is 11.5 Å². The van der Waals surface area contributed by atoms with Crippen LogP contribution in [0.2, 0.25) is 0 Å². The molecule has 2 atom stereocenters. The summed E-state index contributed by atoms with van der Waals surface area (Å²) in [5.74, 6) is 2.78. The minimum atomic E-state index is -5.02. The van der Waals surface area contributed by atoms with Crippen LogP contribution in [-0.2, 0) is 26.4 Å². The molecule has 0 radical (unpaired) electrons. The van der Waals surface area contributed by atoms with Gasteiger partial charge in [0.05, 0.1) is 0 Å². The van der Waals surface area contributed by atoms with Crippen LogP contribution < -0.4 is 9.47 Å². The fraction of sp³-hybridized carbons (Fsp3) is 0.417. The van der Waals surface area contributed by atoms with Gasteiger partial charge in [0.2, 0.25) is 0 Å². The summed E-state index contributed by atoms with van der Waals surface area (Å²) in [5, 5.41) is 0. The number of hydrogen-bond donors (Lipinski definition) is 0. The number of rotatable bonds is 10. The molecule has 4 aromatic carbocycles. The summed E-state index contributed by atoms with van der Waals surface area (Å²) in [6.07, 6.45) is 6.83. The number of halogens is 2. The second-order valence-electron chi connectivity index (χ2n) is 19.0. The molecule has 54 heavy (non-hydrogen) atoms. The third-order valence-electron chi connectivity index (χ3n) is 11.5. The average molecular weight is 860 g/mol. The molecule has 2 aliphatic rings. The van der Waals surface area contributed by atoms with Gasteiger partial charge >= 0.3 is 339 Å². The number of allylic oxidation sites excluding steroid dienone is 2. The molecule has 0 aliphatic heterocycles. The summed E-state index contributed by atoms with van der Waals surface area (Å²) in [4.78, 5) is 0. The second kappa shape index (κ2) is 14.9. The van der Waals surface area contributed by atoms with Gasteiger partial charge in [-0.05, 0) is 0 Å². The van der Waals surface area contributed by atoms with Gasteiger partial charge in [0, 0.05) is 0 Å². The summed E-state index contributed by atoms with van der Waals surface area (Å²) < 4.78 is 12.7. The van der Waals surface area contributed by atoms with Crippen molar-refractivity contribution in [3.63, 3.8) is 0 Å². The van der Waals surface area contributed by atoms with Gasteiger partial charge in [-0.2, -0.15) is 0 Å². The molecule has 6 rings (SSSR count). The van der Waals surface area contributed by atoms with E-state index in [9.17, 15) is 0 Å². The predicted molar refractivity (Wildman–Crippen MR) is 236 cm³/mol. The minimum absolute atomic E-state index is 0.0276. The molecule has 0 N–H and O–H groups in total. The molecule has 2 nitrogen and oxygen atoms in total. The van der Waals surface area contributed by atoms with E-state index in [-0.39, 0.29) is 18.1 Å².